The Kier molecular flexibility index (Phi) is 4.36. The minimum Gasteiger partial charge on any atom is -0.478 e. The van der Waals surface area contributed by atoms with E-state index in [-0.39, 0.29) is 29.9 Å². The first-order valence-electron chi connectivity index (χ1n) is 6.52. The van der Waals surface area contributed by atoms with Crippen molar-refractivity contribution in [3.8, 4) is 0 Å². The molecule has 21 heavy (non-hydrogen) atoms. The second kappa shape index (κ2) is 5.88. The van der Waals surface area contributed by atoms with Gasteiger partial charge >= 0.3 is 12.1 Å². The van der Waals surface area contributed by atoms with Crippen LogP contribution in [0.25, 0.3) is 0 Å². The van der Waals surface area contributed by atoms with Crippen LogP contribution in [-0.2, 0) is 6.18 Å². The van der Waals surface area contributed by atoms with E-state index in [0.717, 1.165) is 18.9 Å². The molecule has 0 amide bonds. The first kappa shape index (κ1) is 15.6. The fourth-order valence-electron chi connectivity index (χ4n) is 2.52. The molecule has 8 heteroatoms. The van der Waals surface area contributed by atoms with E-state index in [0.29, 0.717) is 12.5 Å². The number of aliphatic hydroxyl groups excluding tert-OH is 1. The molecule has 0 aliphatic heterocycles. The van der Waals surface area contributed by atoms with E-state index in [2.05, 4.69) is 10.3 Å². The quantitative estimate of drug-likeness (QED) is 0.795. The van der Waals surface area contributed by atoms with Crippen molar-refractivity contribution >= 4 is 11.8 Å². The normalized spacial score (nSPS) is 22.3. The number of aromatic nitrogens is 1. The largest absolute Gasteiger partial charge is 0.478 e. The second-order valence-corrected chi connectivity index (χ2v) is 5.02. The Morgan fingerprint density at radius 3 is 2.67 bits per heavy atom. The Labute approximate surface area is 118 Å². The summed E-state index contributed by atoms with van der Waals surface area (Å²) in [6.07, 6.45) is -2.42. The average Bonchev–Trinajstić information content (AvgIpc) is 2.84. The van der Waals surface area contributed by atoms with Crippen LogP contribution in [0.5, 0.6) is 0 Å². The van der Waals surface area contributed by atoms with Gasteiger partial charge in [0.25, 0.3) is 0 Å². The minimum atomic E-state index is -4.64. The number of anilines is 1. The fraction of sp³-hybridized carbons (Fsp3) is 0.538. The zero-order chi connectivity index (χ0) is 15.6. The van der Waals surface area contributed by atoms with Crippen LogP contribution in [0.3, 0.4) is 0 Å². The van der Waals surface area contributed by atoms with Crippen molar-refractivity contribution in [3.05, 3.63) is 23.4 Å². The summed E-state index contributed by atoms with van der Waals surface area (Å²) < 4.78 is 38.0. The second-order valence-electron chi connectivity index (χ2n) is 5.02. The first-order chi connectivity index (χ1) is 9.82. The number of halogens is 3. The summed E-state index contributed by atoms with van der Waals surface area (Å²) in [5.41, 5.74) is -1.46. The molecule has 0 aromatic carbocycles. The highest BCUT2D eigenvalue weighted by Gasteiger charge is 2.34. The van der Waals surface area contributed by atoms with E-state index in [1.165, 1.54) is 0 Å². The maximum absolute atomic E-state index is 12.7. The van der Waals surface area contributed by atoms with E-state index in [4.69, 9.17) is 5.11 Å². The van der Waals surface area contributed by atoms with Gasteiger partial charge in [-0.15, -0.1) is 0 Å². The van der Waals surface area contributed by atoms with Gasteiger partial charge in [0.2, 0.25) is 0 Å². The minimum absolute atomic E-state index is 0.0982. The number of rotatable bonds is 4. The molecule has 116 valence electrons. The zero-order valence-electron chi connectivity index (χ0n) is 11.0. The lowest BCUT2D eigenvalue weighted by atomic mass is 10.0. The van der Waals surface area contributed by atoms with Crippen LogP contribution >= 0.6 is 0 Å². The van der Waals surface area contributed by atoms with E-state index in [9.17, 15) is 23.1 Å². The Balaban J connectivity index is 2.32. The molecular formula is C13H15F3N2O3. The van der Waals surface area contributed by atoms with Gasteiger partial charge in [-0.3, -0.25) is 0 Å². The molecular weight excluding hydrogens is 289 g/mol. The summed E-state index contributed by atoms with van der Waals surface area (Å²) in [4.78, 5) is 14.5. The number of alkyl halides is 3. The van der Waals surface area contributed by atoms with Gasteiger partial charge in [-0.05, 0) is 25.0 Å². The number of hydrogen-bond donors (Lipinski definition) is 3. The van der Waals surface area contributed by atoms with Crippen molar-refractivity contribution in [3.63, 3.8) is 0 Å². The van der Waals surface area contributed by atoms with E-state index < -0.39 is 17.8 Å². The summed E-state index contributed by atoms with van der Waals surface area (Å²) >= 11 is 0. The molecule has 0 bridgehead atoms. The number of carbonyl (C=O) groups is 1. The number of hydrogen-bond acceptors (Lipinski definition) is 4. The van der Waals surface area contributed by atoms with Crippen LogP contribution in [0.2, 0.25) is 0 Å². The lowest BCUT2D eigenvalue weighted by molar-refractivity contribution is -0.141. The van der Waals surface area contributed by atoms with Crippen LogP contribution in [0.4, 0.5) is 19.0 Å². The maximum Gasteiger partial charge on any atom is 0.433 e. The summed E-state index contributed by atoms with van der Waals surface area (Å²) in [6, 6.07) is 1.26. The summed E-state index contributed by atoms with van der Waals surface area (Å²) in [6.45, 7) is -0.0982. The van der Waals surface area contributed by atoms with Crippen molar-refractivity contribution in [2.45, 2.75) is 31.5 Å². The summed E-state index contributed by atoms with van der Waals surface area (Å²) in [5.74, 6) is -1.76. The Morgan fingerprint density at radius 2 is 2.10 bits per heavy atom. The van der Waals surface area contributed by atoms with Crippen LogP contribution < -0.4 is 5.32 Å². The molecule has 2 unspecified atom stereocenters. The highest BCUT2D eigenvalue weighted by atomic mass is 19.4. The van der Waals surface area contributed by atoms with Crippen LogP contribution in [-0.4, -0.2) is 33.8 Å². The SMILES string of the molecule is O=C(O)c1ccc(C(F)(F)F)nc1NC1CCCC1CO. The maximum atomic E-state index is 12.7. The van der Waals surface area contributed by atoms with Crippen molar-refractivity contribution in [1.82, 2.24) is 4.98 Å². The molecule has 1 aliphatic rings. The number of carboxylic acid groups (broad SMARTS) is 1. The molecule has 1 heterocycles. The third-order valence-electron chi connectivity index (χ3n) is 3.63. The number of nitrogens with zero attached hydrogens (tertiary/aromatic N) is 1. The Morgan fingerprint density at radius 1 is 1.38 bits per heavy atom. The van der Waals surface area contributed by atoms with Gasteiger partial charge < -0.3 is 15.5 Å². The van der Waals surface area contributed by atoms with Gasteiger partial charge in [-0.2, -0.15) is 13.2 Å². The molecule has 2 rings (SSSR count). The molecule has 2 atom stereocenters. The fourth-order valence-corrected chi connectivity index (χ4v) is 2.52. The molecule has 3 N–H and O–H groups in total. The van der Waals surface area contributed by atoms with E-state index in [1.54, 1.807) is 0 Å². The molecule has 1 aromatic heterocycles. The Bertz CT molecular complexity index is 534. The monoisotopic (exact) mass is 304 g/mol. The molecule has 0 spiro atoms. The highest BCUT2D eigenvalue weighted by molar-refractivity contribution is 5.93. The molecule has 1 aliphatic carbocycles. The molecule has 5 nitrogen and oxygen atoms in total. The predicted molar refractivity (Wildman–Crippen MR) is 68.0 cm³/mol. The standard InChI is InChI=1S/C13H15F3N2O3/c14-13(15,16)10-5-4-8(12(20)21)11(18-10)17-9-3-1-2-7(9)6-19/h4-5,7,9,19H,1-3,6H2,(H,17,18)(H,20,21). The first-order valence-corrected chi connectivity index (χ1v) is 6.52. The lowest BCUT2D eigenvalue weighted by Gasteiger charge is -2.21. The third kappa shape index (κ3) is 3.44. The Hall–Kier alpha value is -1.83. The van der Waals surface area contributed by atoms with Crippen LogP contribution in [0.1, 0.15) is 35.3 Å². The van der Waals surface area contributed by atoms with Gasteiger partial charge in [-0.1, -0.05) is 6.42 Å². The van der Waals surface area contributed by atoms with Crippen molar-refractivity contribution in [1.29, 1.82) is 0 Å². The number of pyridine rings is 1. The number of aromatic carboxylic acids is 1. The van der Waals surface area contributed by atoms with Gasteiger partial charge in [0.1, 0.15) is 17.1 Å². The predicted octanol–water partition coefficient (Wildman–Crippen LogP) is 2.37. The zero-order valence-corrected chi connectivity index (χ0v) is 11.0. The lowest BCUT2D eigenvalue weighted by Crippen LogP contribution is -2.28. The highest BCUT2D eigenvalue weighted by Crippen LogP contribution is 2.32. The average molecular weight is 304 g/mol. The molecule has 0 radical (unpaired) electrons. The topological polar surface area (TPSA) is 82.5 Å². The summed E-state index contributed by atoms with van der Waals surface area (Å²) in [5, 5.41) is 21.0. The van der Waals surface area contributed by atoms with E-state index in [1.807, 2.05) is 0 Å². The van der Waals surface area contributed by atoms with Crippen molar-refractivity contribution in [2.75, 3.05) is 11.9 Å². The number of nitrogens with one attached hydrogen (secondary N) is 1. The van der Waals surface area contributed by atoms with Crippen molar-refractivity contribution in [2.24, 2.45) is 5.92 Å². The van der Waals surface area contributed by atoms with Crippen LogP contribution in [0.15, 0.2) is 12.1 Å². The van der Waals surface area contributed by atoms with Gasteiger partial charge in [0.05, 0.1) is 0 Å². The molecule has 1 aromatic rings. The number of aliphatic hydroxyl groups is 1. The van der Waals surface area contributed by atoms with Crippen molar-refractivity contribution < 1.29 is 28.2 Å². The third-order valence-corrected chi connectivity index (χ3v) is 3.63. The summed E-state index contributed by atoms with van der Waals surface area (Å²) in [7, 11) is 0. The van der Waals surface area contributed by atoms with Gasteiger partial charge in [0.15, 0.2) is 0 Å². The van der Waals surface area contributed by atoms with Gasteiger partial charge in [-0.25, -0.2) is 9.78 Å². The van der Waals surface area contributed by atoms with Gasteiger partial charge in [0, 0.05) is 18.6 Å². The van der Waals surface area contributed by atoms with E-state index >= 15 is 0 Å². The molecule has 1 saturated carbocycles. The molecule has 0 saturated heterocycles. The van der Waals surface area contributed by atoms with Crippen LogP contribution in [0, 0.1) is 5.92 Å². The smallest absolute Gasteiger partial charge is 0.433 e. The molecule has 1 fully saturated rings. The number of carboxylic acids is 1.